The molecule has 10 nitrogen and oxygen atoms in total. The summed E-state index contributed by atoms with van der Waals surface area (Å²) in [6, 6.07) is 7.20. The number of phenols is 1. The number of anilines is 1. The first-order chi connectivity index (χ1) is 19.4. The number of hydrogen-bond acceptors (Lipinski definition) is 8. The van der Waals surface area contributed by atoms with Crippen LogP contribution in [-0.4, -0.2) is 63.0 Å². The van der Waals surface area contributed by atoms with E-state index in [1.54, 1.807) is 6.08 Å². The van der Waals surface area contributed by atoms with E-state index in [2.05, 4.69) is 0 Å². The maximum Gasteiger partial charge on any atom is 0.258 e. The largest absolute Gasteiger partial charge is 0.508 e. The van der Waals surface area contributed by atoms with Crippen molar-refractivity contribution in [2.75, 3.05) is 19.1 Å². The molecular weight excluding hydrogens is 582 g/mol. The number of hydroxylamine groups is 2. The minimum absolute atomic E-state index is 0.0303. The summed E-state index contributed by atoms with van der Waals surface area (Å²) in [5.41, 5.74) is 0.642. The van der Waals surface area contributed by atoms with E-state index in [-0.39, 0.29) is 46.4 Å². The molecule has 4 aliphatic rings. The first-order valence-corrected chi connectivity index (χ1v) is 13.4. The van der Waals surface area contributed by atoms with Crippen molar-refractivity contribution >= 4 is 52.5 Å². The van der Waals surface area contributed by atoms with Crippen LogP contribution in [0, 0.1) is 23.6 Å². The normalized spacial score (nSPS) is 32.5. The topological polar surface area (TPSA) is 134 Å². The fraction of sp³-hybridized carbons (Fsp3) is 0.357. The lowest BCUT2D eigenvalue weighted by Crippen LogP contribution is -2.60. The van der Waals surface area contributed by atoms with Crippen molar-refractivity contribution in [2.45, 2.75) is 28.5 Å². The van der Waals surface area contributed by atoms with Gasteiger partial charge in [0.25, 0.3) is 23.6 Å². The van der Waals surface area contributed by atoms with Crippen LogP contribution in [0.4, 0.5) is 10.1 Å². The molecule has 6 rings (SSSR count). The lowest BCUT2D eigenvalue weighted by atomic mass is 9.56. The molecule has 41 heavy (non-hydrogen) atoms. The lowest BCUT2D eigenvalue weighted by Gasteiger charge is -2.51. The van der Waals surface area contributed by atoms with Crippen molar-refractivity contribution in [3.05, 3.63) is 59.4 Å². The van der Waals surface area contributed by atoms with E-state index < -0.39 is 62.9 Å². The summed E-state index contributed by atoms with van der Waals surface area (Å²) < 4.78 is 24.9. The van der Waals surface area contributed by atoms with Gasteiger partial charge in [0.05, 0.1) is 31.7 Å². The minimum atomic E-state index is -2.22. The predicted molar refractivity (Wildman–Crippen MR) is 141 cm³/mol. The quantitative estimate of drug-likeness (QED) is 0.234. The second kappa shape index (κ2) is 9.17. The summed E-state index contributed by atoms with van der Waals surface area (Å²) >= 11 is 14.5. The number of rotatable bonds is 4. The summed E-state index contributed by atoms with van der Waals surface area (Å²) in [7, 11) is 2.65. The fourth-order valence-electron chi connectivity index (χ4n) is 6.91. The van der Waals surface area contributed by atoms with Crippen LogP contribution in [0.1, 0.15) is 24.3 Å². The van der Waals surface area contributed by atoms with Gasteiger partial charge in [-0.15, -0.1) is 23.2 Å². The minimum Gasteiger partial charge on any atom is -0.508 e. The van der Waals surface area contributed by atoms with Crippen LogP contribution in [0.5, 0.6) is 17.2 Å². The molecule has 6 unspecified atom stereocenters. The number of aromatic hydroxyl groups is 1. The Morgan fingerprint density at radius 1 is 0.951 bits per heavy atom. The number of halogens is 3. The maximum absolute atomic E-state index is 14.4. The van der Waals surface area contributed by atoms with E-state index >= 15 is 0 Å². The number of benzene rings is 2. The molecule has 2 aromatic rings. The van der Waals surface area contributed by atoms with Gasteiger partial charge in [0.15, 0.2) is 9.75 Å². The van der Waals surface area contributed by atoms with E-state index in [0.717, 1.165) is 17.0 Å². The second-order valence-electron chi connectivity index (χ2n) is 10.5. The van der Waals surface area contributed by atoms with Crippen molar-refractivity contribution in [2.24, 2.45) is 17.8 Å². The molecule has 0 spiro atoms. The molecule has 0 radical (unpaired) electrons. The molecular formula is C28H23Cl2FN2O8. The van der Waals surface area contributed by atoms with Crippen LogP contribution < -0.4 is 14.4 Å². The summed E-state index contributed by atoms with van der Waals surface area (Å²) in [6.45, 7) is 0. The third-order valence-electron chi connectivity index (χ3n) is 8.69. The summed E-state index contributed by atoms with van der Waals surface area (Å²) in [4.78, 5) is 50.7. The summed E-state index contributed by atoms with van der Waals surface area (Å²) in [6.07, 6.45) is 1.40. The molecule has 4 amide bonds. The molecule has 2 saturated heterocycles. The molecule has 2 aliphatic carbocycles. The van der Waals surface area contributed by atoms with Gasteiger partial charge in [-0.05, 0) is 43.0 Å². The molecule has 0 aromatic heterocycles. The molecule has 3 fully saturated rings. The Hall–Kier alpha value is -3.67. The number of phenolic OH excluding ortho intramolecular Hbond substituents is 1. The van der Waals surface area contributed by atoms with Crippen LogP contribution in [0.25, 0.3) is 0 Å². The SMILES string of the molecule is COc1cc(O)cc(OC)c1C1C2=CCC3C(=O)N(O)C(=O)C3C2CC2(Cl)C(=O)N(c3ccc(F)cc3)C(=O)C12Cl. The van der Waals surface area contributed by atoms with Gasteiger partial charge in [0, 0.05) is 23.6 Å². The number of hydrogen-bond donors (Lipinski definition) is 2. The van der Waals surface area contributed by atoms with Gasteiger partial charge in [0.2, 0.25) is 0 Å². The molecule has 2 heterocycles. The number of ether oxygens (including phenoxy) is 2. The van der Waals surface area contributed by atoms with E-state index in [4.69, 9.17) is 32.7 Å². The van der Waals surface area contributed by atoms with Gasteiger partial charge < -0.3 is 14.6 Å². The van der Waals surface area contributed by atoms with E-state index in [9.17, 15) is 33.9 Å². The summed E-state index contributed by atoms with van der Waals surface area (Å²) in [5.74, 6) is -8.26. The highest BCUT2D eigenvalue weighted by atomic mass is 35.5. The van der Waals surface area contributed by atoms with Crippen LogP contribution in [-0.2, 0) is 19.2 Å². The number of fused-ring (bicyclic) bond motifs is 4. The van der Waals surface area contributed by atoms with E-state index in [1.807, 2.05) is 0 Å². The van der Waals surface area contributed by atoms with Crippen LogP contribution >= 0.6 is 23.2 Å². The van der Waals surface area contributed by atoms with Crippen molar-refractivity contribution in [3.63, 3.8) is 0 Å². The Morgan fingerprint density at radius 2 is 1.56 bits per heavy atom. The van der Waals surface area contributed by atoms with Gasteiger partial charge >= 0.3 is 0 Å². The maximum atomic E-state index is 14.4. The Kier molecular flexibility index (Phi) is 6.15. The number of nitrogens with zero attached hydrogens (tertiary/aromatic N) is 2. The third-order valence-corrected chi connectivity index (χ3v) is 10.1. The number of carbonyl (C=O) groups excluding carboxylic acids is 4. The van der Waals surface area contributed by atoms with Crippen molar-refractivity contribution < 1.29 is 43.4 Å². The standard InChI is InChI=1S/C28H23Cl2FN2O8/c1-40-18-9-14(34)10-19(41-2)21(18)22-15-7-8-16-20(24(36)33(39)23(16)35)17(15)11-27(29)25(37)32(26(38)28(22,27)30)13-5-3-12(31)4-6-13/h3-7,9-10,16-17,20,22,34,39H,8,11H2,1-2H3. The molecule has 6 atom stereocenters. The summed E-state index contributed by atoms with van der Waals surface area (Å²) in [5, 5.41) is 20.6. The van der Waals surface area contributed by atoms with Gasteiger partial charge in [0.1, 0.15) is 23.1 Å². The molecule has 2 aromatic carbocycles. The van der Waals surface area contributed by atoms with Crippen molar-refractivity contribution in [1.82, 2.24) is 5.06 Å². The monoisotopic (exact) mass is 604 g/mol. The first kappa shape index (κ1) is 27.5. The molecule has 13 heteroatoms. The zero-order valence-corrected chi connectivity index (χ0v) is 23.1. The van der Waals surface area contributed by atoms with E-state index in [0.29, 0.717) is 5.57 Å². The van der Waals surface area contributed by atoms with Crippen molar-refractivity contribution in [1.29, 1.82) is 0 Å². The number of alkyl halides is 2. The molecule has 1 saturated carbocycles. The molecule has 2 aliphatic heterocycles. The predicted octanol–water partition coefficient (Wildman–Crippen LogP) is 3.50. The third kappa shape index (κ3) is 3.45. The Balaban J connectivity index is 1.64. The number of allylic oxidation sites excluding steroid dienone is 2. The van der Waals surface area contributed by atoms with Crippen molar-refractivity contribution in [3.8, 4) is 17.2 Å². The molecule has 214 valence electrons. The van der Waals surface area contributed by atoms with E-state index in [1.165, 1.54) is 38.5 Å². The van der Waals surface area contributed by atoms with Crippen LogP contribution in [0.2, 0.25) is 0 Å². The number of methoxy groups -OCH3 is 2. The van der Waals surface area contributed by atoms with Gasteiger partial charge in [-0.3, -0.25) is 24.4 Å². The fourth-order valence-corrected chi connectivity index (χ4v) is 7.83. The zero-order chi connectivity index (χ0) is 29.6. The Bertz CT molecular complexity index is 1540. The number of amides is 4. The lowest BCUT2D eigenvalue weighted by molar-refractivity contribution is -0.173. The highest BCUT2D eigenvalue weighted by Crippen LogP contribution is 2.67. The Morgan fingerprint density at radius 3 is 2.15 bits per heavy atom. The molecule has 2 N–H and O–H groups in total. The highest BCUT2D eigenvalue weighted by Gasteiger charge is 2.77. The smallest absolute Gasteiger partial charge is 0.258 e. The zero-order valence-electron chi connectivity index (χ0n) is 21.6. The van der Waals surface area contributed by atoms with Gasteiger partial charge in [-0.1, -0.05) is 11.6 Å². The van der Waals surface area contributed by atoms with Gasteiger partial charge in [-0.2, -0.15) is 5.06 Å². The van der Waals surface area contributed by atoms with Gasteiger partial charge in [-0.25, -0.2) is 9.29 Å². The average molecular weight is 605 g/mol. The number of carbonyl (C=O) groups is 4. The molecule has 0 bridgehead atoms. The second-order valence-corrected chi connectivity index (χ2v) is 11.7. The highest BCUT2D eigenvalue weighted by molar-refractivity contribution is 6.58. The van der Waals surface area contributed by atoms with Crippen LogP contribution in [0.15, 0.2) is 48.0 Å². The Labute approximate surface area is 242 Å². The number of imide groups is 2. The first-order valence-electron chi connectivity index (χ1n) is 12.6. The van der Waals surface area contributed by atoms with Crippen LogP contribution in [0.3, 0.4) is 0 Å². The average Bonchev–Trinajstić information content (AvgIpc) is 3.26.